The van der Waals surface area contributed by atoms with E-state index < -0.39 is 23.9 Å². The number of hydrogen-bond acceptors (Lipinski definition) is 3. The zero-order valence-corrected chi connectivity index (χ0v) is 10.2. The Kier molecular flexibility index (Phi) is 6.23. The molecule has 17 heavy (non-hydrogen) atoms. The van der Waals surface area contributed by atoms with E-state index in [1.54, 1.807) is 24.3 Å². The highest BCUT2D eigenvalue weighted by Gasteiger charge is 2.19. The topological polar surface area (TPSA) is 98.2 Å². The Morgan fingerprint density at radius 3 is 2.24 bits per heavy atom. The Morgan fingerprint density at radius 2 is 1.76 bits per heavy atom. The number of nitrogens with two attached hydrogens (primary N) is 2. The van der Waals surface area contributed by atoms with Crippen LogP contribution in [0, 0.1) is 0 Å². The number of carbonyl (C=O) groups is 2. The van der Waals surface area contributed by atoms with E-state index in [1.807, 2.05) is 6.07 Å². The molecular formula is C11H16ClN3O2. The highest BCUT2D eigenvalue weighted by atomic mass is 35.5. The molecule has 0 fully saturated rings. The van der Waals surface area contributed by atoms with Crippen LogP contribution in [0.25, 0.3) is 0 Å². The van der Waals surface area contributed by atoms with Gasteiger partial charge >= 0.3 is 0 Å². The monoisotopic (exact) mass is 257 g/mol. The van der Waals surface area contributed by atoms with Crippen molar-refractivity contribution in [1.29, 1.82) is 0 Å². The summed E-state index contributed by atoms with van der Waals surface area (Å²) >= 11 is 0. The van der Waals surface area contributed by atoms with Gasteiger partial charge in [-0.1, -0.05) is 30.3 Å². The maximum absolute atomic E-state index is 11.6. The first-order valence-electron chi connectivity index (χ1n) is 4.92. The van der Waals surface area contributed by atoms with Gasteiger partial charge in [0.1, 0.15) is 12.1 Å². The van der Waals surface area contributed by atoms with Gasteiger partial charge < -0.3 is 16.8 Å². The number of halogens is 1. The third kappa shape index (κ3) is 4.42. The number of rotatable bonds is 4. The molecule has 0 spiro atoms. The largest absolute Gasteiger partial charge is 0.368 e. The van der Waals surface area contributed by atoms with Gasteiger partial charge in [-0.05, 0) is 12.5 Å². The van der Waals surface area contributed by atoms with Gasteiger partial charge in [0.05, 0.1) is 0 Å². The molecule has 0 aromatic heterocycles. The van der Waals surface area contributed by atoms with Crippen LogP contribution in [0.15, 0.2) is 30.3 Å². The molecule has 0 saturated heterocycles. The van der Waals surface area contributed by atoms with Crippen LogP contribution >= 0.6 is 12.4 Å². The minimum absolute atomic E-state index is 0. The third-order valence-electron chi connectivity index (χ3n) is 2.23. The summed E-state index contributed by atoms with van der Waals surface area (Å²) in [5.74, 6) is -1.01. The van der Waals surface area contributed by atoms with Crippen molar-refractivity contribution in [2.24, 2.45) is 11.5 Å². The molecule has 0 radical (unpaired) electrons. The van der Waals surface area contributed by atoms with Crippen molar-refractivity contribution in [2.45, 2.75) is 19.0 Å². The van der Waals surface area contributed by atoms with Gasteiger partial charge in [0.15, 0.2) is 0 Å². The second-order valence-corrected chi connectivity index (χ2v) is 3.52. The molecule has 5 nitrogen and oxygen atoms in total. The molecule has 1 aromatic rings. The molecule has 0 aliphatic heterocycles. The molecule has 2 atom stereocenters. The van der Waals surface area contributed by atoms with Crippen molar-refractivity contribution in [3.05, 3.63) is 35.9 Å². The Bertz CT molecular complexity index is 384. The summed E-state index contributed by atoms with van der Waals surface area (Å²) in [6.45, 7) is 1.51. The Labute approximate surface area is 106 Å². The molecule has 1 aromatic carbocycles. The maximum Gasteiger partial charge on any atom is 0.242 e. The van der Waals surface area contributed by atoms with E-state index in [9.17, 15) is 9.59 Å². The maximum atomic E-state index is 11.6. The molecule has 0 saturated carbocycles. The fourth-order valence-electron chi connectivity index (χ4n) is 1.19. The lowest BCUT2D eigenvalue weighted by Crippen LogP contribution is -2.45. The third-order valence-corrected chi connectivity index (χ3v) is 2.23. The zero-order valence-electron chi connectivity index (χ0n) is 9.42. The van der Waals surface area contributed by atoms with Crippen LogP contribution in [0.3, 0.4) is 0 Å². The summed E-state index contributed by atoms with van der Waals surface area (Å²) in [4.78, 5) is 22.4. The van der Waals surface area contributed by atoms with Gasteiger partial charge in [-0.25, -0.2) is 0 Å². The number of benzene rings is 1. The van der Waals surface area contributed by atoms with Crippen LogP contribution in [-0.2, 0) is 9.59 Å². The molecule has 0 aliphatic rings. The van der Waals surface area contributed by atoms with Crippen LogP contribution < -0.4 is 16.8 Å². The van der Waals surface area contributed by atoms with Crippen molar-refractivity contribution in [3.63, 3.8) is 0 Å². The first-order chi connectivity index (χ1) is 7.52. The van der Waals surface area contributed by atoms with E-state index in [0.717, 1.165) is 0 Å². The smallest absolute Gasteiger partial charge is 0.242 e. The molecule has 0 bridgehead atoms. The van der Waals surface area contributed by atoms with E-state index in [0.29, 0.717) is 5.56 Å². The summed E-state index contributed by atoms with van der Waals surface area (Å²) in [7, 11) is 0. The number of primary amides is 1. The highest BCUT2D eigenvalue weighted by molar-refractivity contribution is 5.89. The van der Waals surface area contributed by atoms with Crippen molar-refractivity contribution in [1.82, 2.24) is 5.32 Å². The standard InChI is InChI=1S/C11H15N3O2.ClH/c1-7(10(13)15)14-11(16)9(12)8-5-3-2-4-6-8;/h2-7,9H,12H2,1H3,(H2,13,15)(H,14,16);1H/t7-,9?;/m0./s1. The Hall–Kier alpha value is -1.59. The van der Waals surface area contributed by atoms with Gasteiger partial charge in [-0.3, -0.25) is 9.59 Å². The number of carbonyl (C=O) groups excluding carboxylic acids is 2. The van der Waals surface area contributed by atoms with Crippen molar-refractivity contribution in [3.8, 4) is 0 Å². The van der Waals surface area contributed by atoms with E-state index in [-0.39, 0.29) is 12.4 Å². The summed E-state index contributed by atoms with van der Waals surface area (Å²) in [5, 5.41) is 2.44. The average Bonchev–Trinajstić information content (AvgIpc) is 2.28. The van der Waals surface area contributed by atoms with Gasteiger partial charge in [0, 0.05) is 0 Å². The molecule has 1 rings (SSSR count). The van der Waals surface area contributed by atoms with Crippen LogP contribution in [0.1, 0.15) is 18.5 Å². The predicted molar refractivity (Wildman–Crippen MR) is 67.4 cm³/mol. The molecule has 0 heterocycles. The minimum Gasteiger partial charge on any atom is -0.368 e. The summed E-state index contributed by atoms with van der Waals surface area (Å²) in [5.41, 5.74) is 11.4. The van der Waals surface area contributed by atoms with Gasteiger partial charge in [0.2, 0.25) is 11.8 Å². The van der Waals surface area contributed by atoms with Crippen LogP contribution in [0.4, 0.5) is 0 Å². The van der Waals surface area contributed by atoms with Gasteiger partial charge in [-0.2, -0.15) is 0 Å². The normalized spacial score (nSPS) is 13.1. The lowest BCUT2D eigenvalue weighted by atomic mass is 10.1. The van der Waals surface area contributed by atoms with E-state index in [1.165, 1.54) is 6.92 Å². The van der Waals surface area contributed by atoms with E-state index in [4.69, 9.17) is 11.5 Å². The van der Waals surface area contributed by atoms with Crippen LogP contribution in [-0.4, -0.2) is 17.9 Å². The summed E-state index contributed by atoms with van der Waals surface area (Å²) < 4.78 is 0. The molecule has 5 N–H and O–H groups in total. The Morgan fingerprint density at radius 1 is 1.24 bits per heavy atom. The molecule has 1 unspecified atom stereocenters. The fraction of sp³-hybridized carbons (Fsp3) is 0.273. The van der Waals surface area contributed by atoms with Crippen LogP contribution in [0.2, 0.25) is 0 Å². The molecule has 2 amide bonds. The highest BCUT2D eigenvalue weighted by Crippen LogP contribution is 2.09. The molecule has 94 valence electrons. The van der Waals surface area contributed by atoms with Crippen molar-refractivity contribution < 1.29 is 9.59 Å². The van der Waals surface area contributed by atoms with Gasteiger partial charge in [-0.15, -0.1) is 12.4 Å². The number of amides is 2. The number of hydrogen-bond donors (Lipinski definition) is 3. The fourth-order valence-corrected chi connectivity index (χ4v) is 1.19. The Balaban J connectivity index is 0.00000256. The molecular weight excluding hydrogens is 242 g/mol. The molecule has 6 heteroatoms. The average molecular weight is 258 g/mol. The second kappa shape index (κ2) is 6.88. The first-order valence-corrected chi connectivity index (χ1v) is 4.92. The number of nitrogens with one attached hydrogen (secondary N) is 1. The van der Waals surface area contributed by atoms with E-state index in [2.05, 4.69) is 5.32 Å². The molecule has 0 aliphatic carbocycles. The second-order valence-electron chi connectivity index (χ2n) is 3.52. The van der Waals surface area contributed by atoms with Crippen molar-refractivity contribution in [2.75, 3.05) is 0 Å². The lowest BCUT2D eigenvalue weighted by Gasteiger charge is -2.15. The SMILES string of the molecule is C[C@H](NC(=O)C(N)c1ccccc1)C(N)=O.Cl. The summed E-state index contributed by atoms with van der Waals surface area (Å²) in [6.07, 6.45) is 0. The minimum atomic E-state index is -0.789. The van der Waals surface area contributed by atoms with Crippen molar-refractivity contribution >= 4 is 24.2 Å². The van der Waals surface area contributed by atoms with E-state index >= 15 is 0 Å². The summed E-state index contributed by atoms with van der Waals surface area (Å²) in [6, 6.07) is 7.41. The first kappa shape index (κ1) is 15.4. The predicted octanol–water partition coefficient (Wildman–Crippen LogP) is 0.0982. The quantitative estimate of drug-likeness (QED) is 0.713. The lowest BCUT2D eigenvalue weighted by molar-refractivity contribution is -0.127. The zero-order chi connectivity index (χ0) is 12.1. The van der Waals surface area contributed by atoms with Gasteiger partial charge in [0.25, 0.3) is 0 Å². The van der Waals surface area contributed by atoms with Crippen LogP contribution in [0.5, 0.6) is 0 Å².